The van der Waals surface area contributed by atoms with Crippen molar-refractivity contribution in [3.63, 3.8) is 0 Å². The zero-order chi connectivity index (χ0) is 12.8. The molecule has 0 amide bonds. The van der Waals surface area contributed by atoms with Crippen molar-refractivity contribution in [2.45, 2.75) is 32.7 Å². The van der Waals surface area contributed by atoms with Gasteiger partial charge in [0.05, 0.1) is 6.61 Å². The molecule has 0 radical (unpaired) electrons. The molecule has 0 aromatic heterocycles. The maximum absolute atomic E-state index is 5.84. The van der Waals surface area contributed by atoms with Crippen LogP contribution >= 0.6 is 0 Å². The van der Waals surface area contributed by atoms with E-state index in [0.717, 1.165) is 30.6 Å². The van der Waals surface area contributed by atoms with Crippen LogP contribution in [0.3, 0.4) is 0 Å². The second-order valence-electron chi connectivity index (χ2n) is 4.72. The van der Waals surface area contributed by atoms with Crippen LogP contribution in [0.2, 0.25) is 0 Å². The lowest BCUT2D eigenvalue weighted by atomic mass is 10.2. The highest BCUT2D eigenvalue weighted by Gasteiger charge is 2.30. The van der Waals surface area contributed by atoms with Crippen molar-refractivity contribution in [2.75, 3.05) is 19.8 Å². The predicted octanol–water partition coefficient (Wildman–Crippen LogP) is 2.85. The fraction of sp³-hybridized carbons (Fsp3) is 0.600. The van der Waals surface area contributed by atoms with Crippen molar-refractivity contribution in [1.29, 1.82) is 0 Å². The highest BCUT2D eigenvalue weighted by Crippen LogP contribution is 2.33. The summed E-state index contributed by atoms with van der Waals surface area (Å²) in [5.74, 6) is 2.63. The molecule has 0 heterocycles. The molecule has 1 N–H and O–H groups in total. The molecule has 1 aliphatic carbocycles. The molecule has 2 rings (SSSR count). The molecule has 1 aromatic carbocycles. The highest BCUT2D eigenvalue weighted by atomic mass is 16.5. The Morgan fingerprint density at radius 1 is 1.11 bits per heavy atom. The number of hydrogen-bond donors (Lipinski definition) is 1. The summed E-state index contributed by atoms with van der Waals surface area (Å²) in [7, 11) is 0. The van der Waals surface area contributed by atoms with Crippen molar-refractivity contribution in [3.8, 4) is 11.5 Å². The monoisotopic (exact) mass is 249 g/mol. The van der Waals surface area contributed by atoms with Gasteiger partial charge in [0.2, 0.25) is 0 Å². The molecule has 1 unspecified atom stereocenters. The van der Waals surface area contributed by atoms with Crippen molar-refractivity contribution in [1.82, 2.24) is 5.32 Å². The number of likely N-dealkylation sites (N-methyl/N-ethyl adjacent to an activating group) is 1. The third-order valence-electron chi connectivity index (χ3n) is 3.22. The van der Waals surface area contributed by atoms with Gasteiger partial charge >= 0.3 is 0 Å². The van der Waals surface area contributed by atoms with Gasteiger partial charge in [-0.1, -0.05) is 6.92 Å². The van der Waals surface area contributed by atoms with Crippen LogP contribution in [0.5, 0.6) is 11.5 Å². The van der Waals surface area contributed by atoms with Crippen LogP contribution < -0.4 is 14.8 Å². The maximum Gasteiger partial charge on any atom is 0.119 e. The van der Waals surface area contributed by atoms with Crippen molar-refractivity contribution in [3.05, 3.63) is 24.3 Å². The quantitative estimate of drug-likeness (QED) is 0.768. The van der Waals surface area contributed by atoms with E-state index < -0.39 is 0 Å². The first-order valence-electron chi connectivity index (χ1n) is 6.92. The average Bonchev–Trinajstić information content (AvgIpc) is 3.21. The van der Waals surface area contributed by atoms with Gasteiger partial charge in [0.1, 0.15) is 18.1 Å². The molecule has 18 heavy (non-hydrogen) atoms. The van der Waals surface area contributed by atoms with Gasteiger partial charge in [-0.2, -0.15) is 0 Å². The van der Waals surface area contributed by atoms with Gasteiger partial charge in [0.15, 0.2) is 0 Å². The first kappa shape index (κ1) is 13.2. The van der Waals surface area contributed by atoms with E-state index in [1.807, 2.05) is 31.2 Å². The number of benzene rings is 1. The van der Waals surface area contributed by atoms with E-state index in [2.05, 4.69) is 12.2 Å². The topological polar surface area (TPSA) is 30.5 Å². The van der Waals surface area contributed by atoms with Gasteiger partial charge in [0, 0.05) is 6.04 Å². The fourth-order valence-corrected chi connectivity index (χ4v) is 2.11. The summed E-state index contributed by atoms with van der Waals surface area (Å²) >= 11 is 0. The highest BCUT2D eigenvalue weighted by molar-refractivity contribution is 5.31. The van der Waals surface area contributed by atoms with E-state index >= 15 is 0 Å². The standard InChI is InChI=1S/C15H23NO2/c1-3-16-15(12-5-6-12)11-18-14-9-7-13(8-10-14)17-4-2/h7-10,12,15-16H,3-6,11H2,1-2H3. The summed E-state index contributed by atoms with van der Waals surface area (Å²) in [6.07, 6.45) is 2.68. The smallest absolute Gasteiger partial charge is 0.119 e. The molecular formula is C15H23NO2. The SMILES string of the molecule is CCNC(COc1ccc(OCC)cc1)C1CC1. The van der Waals surface area contributed by atoms with Gasteiger partial charge in [-0.25, -0.2) is 0 Å². The molecule has 3 heteroatoms. The third kappa shape index (κ3) is 3.91. The zero-order valence-electron chi connectivity index (χ0n) is 11.3. The lowest BCUT2D eigenvalue weighted by molar-refractivity contribution is 0.250. The van der Waals surface area contributed by atoms with Crippen LogP contribution in [0.25, 0.3) is 0 Å². The zero-order valence-corrected chi connectivity index (χ0v) is 11.3. The van der Waals surface area contributed by atoms with E-state index in [4.69, 9.17) is 9.47 Å². The fourth-order valence-electron chi connectivity index (χ4n) is 2.11. The molecular weight excluding hydrogens is 226 g/mol. The summed E-state index contributed by atoms with van der Waals surface area (Å²) in [5, 5.41) is 3.50. The Morgan fingerprint density at radius 3 is 2.22 bits per heavy atom. The number of hydrogen-bond acceptors (Lipinski definition) is 3. The molecule has 1 aromatic rings. The second-order valence-corrected chi connectivity index (χ2v) is 4.72. The van der Waals surface area contributed by atoms with E-state index in [-0.39, 0.29) is 0 Å². The molecule has 1 atom stereocenters. The summed E-state index contributed by atoms with van der Waals surface area (Å²) in [6, 6.07) is 8.36. The summed E-state index contributed by atoms with van der Waals surface area (Å²) in [4.78, 5) is 0. The Labute approximate surface area is 109 Å². The van der Waals surface area contributed by atoms with E-state index in [0.29, 0.717) is 12.6 Å². The minimum absolute atomic E-state index is 0.501. The molecule has 1 fully saturated rings. The van der Waals surface area contributed by atoms with Crippen LogP contribution in [0.15, 0.2) is 24.3 Å². The van der Waals surface area contributed by atoms with E-state index in [1.54, 1.807) is 0 Å². The molecule has 0 bridgehead atoms. The maximum atomic E-state index is 5.84. The lowest BCUT2D eigenvalue weighted by Crippen LogP contribution is -2.36. The van der Waals surface area contributed by atoms with Crippen LogP contribution in [-0.2, 0) is 0 Å². The van der Waals surface area contributed by atoms with E-state index in [9.17, 15) is 0 Å². The summed E-state index contributed by atoms with van der Waals surface area (Å²) in [5.41, 5.74) is 0. The number of rotatable bonds is 8. The number of ether oxygens (including phenoxy) is 2. The summed E-state index contributed by atoms with van der Waals surface area (Å²) in [6.45, 7) is 6.60. The largest absolute Gasteiger partial charge is 0.494 e. The Balaban J connectivity index is 1.81. The van der Waals surface area contributed by atoms with Crippen molar-refractivity contribution in [2.24, 2.45) is 5.92 Å². The Bertz CT molecular complexity index is 346. The molecule has 0 aliphatic heterocycles. The van der Waals surface area contributed by atoms with Crippen LogP contribution in [0.4, 0.5) is 0 Å². The third-order valence-corrected chi connectivity index (χ3v) is 3.22. The van der Waals surface area contributed by atoms with Gasteiger partial charge in [0.25, 0.3) is 0 Å². The van der Waals surface area contributed by atoms with Crippen LogP contribution in [0, 0.1) is 5.92 Å². The second kappa shape index (κ2) is 6.64. The predicted molar refractivity (Wildman–Crippen MR) is 73.3 cm³/mol. The van der Waals surface area contributed by atoms with Crippen LogP contribution in [-0.4, -0.2) is 25.8 Å². The minimum Gasteiger partial charge on any atom is -0.494 e. The number of nitrogens with one attached hydrogen (secondary N) is 1. The molecule has 0 saturated heterocycles. The van der Waals surface area contributed by atoms with E-state index in [1.165, 1.54) is 12.8 Å². The summed E-state index contributed by atoms with van der Waals surface area (Å²) < 4.78 is 11.2. The normalized spacial score (nSPS) is 16.3. The Morgan fingerprint density at radius 2 is 1.72 bits per heavy atom. The van der Waals surface area contributed by atoms with Gasteiger partial charge < -0.3 is 14.8 Å². The first-order valence-corrected chi connectivity index (χ1v) is 6.92. The molecule has 3 nitrogen and oxygen atoms in total. The van der Waals surface area contributed by atoms with Gasteiger partial charge in [-0.05, 0) is 56.5 Å². The lowest BCUT2D eigenvalue weighted by Gasteiger charge is -2.18. The molecule has 0 spiro atoms. The van der Waals surface area contributed by atoms with Gasteiger partial charge in [-0.15, -0.1) is 0 Å². The minimum atomic E-state index is 0.501. The Hall–Kier alpha value is -1.22. The van der Waals surface area contributed by atoms with Crippen molar-refractivity contribution < 1.29 is 9.47 Å². The average molecular weight is 249 g/mol. The molecule has 1 aliphatic rings. The van der Waals surface area contributed by atoms with Crippen molar-refractivity contribution >= 4 is 0 Å². The first-order chi connectivity index (χ1) is 8.83. The Kier molecular flexibility index (Phi) is 4.88. The molecule has 100 valence electrons. The van der Waals surface area contributed by atoms with Gasteiger partial charge in [-0.3, -0.25) is 0 Å². The molecule has 1 saturated carbocycles. The van der Waals surface area contributed by atoms with Crippen LogP contribution in [0.1, 0.15) is 26.7 Å².